The van der Waals surface area contributed by atoms with Crippen LogP contribution < -0.4 is 5.43 Å². The van der Waals surface area contributed by atoms with Crippen molar-refractivity contribution in [2.75, 3.05) is 6.54 Å². The predicted octanol–water partition coefficient (Wildman–Crippen LogP) is 1.94. The van der Waals surface area contributed by atoms with Crippen LogP contribution in [0.15, 0.2) is 17.3 Å². The molecule has 0 atom stereocenters. The Morgan fingerprint density at radius 3 is 2.90 bits per heavy atom. The average Bonchev–Trinajstić information content (AvgIpc) is 1.97. The summed E-state index contributed by atoms with van der Waals surface area (Å²) in [7, 11) is 0. The molecule has 0 amide bonds. The van der Waals surface area contributed by atoms with Gasteiger partial charge < -0.3 is 5.43 Å². The molecule has 0 aromatic rings. The molecular formula is C8H16N2. The number of rotatable bonds is 5. The smallest absolute Gasteiger partial charge is 0.0510 e. The molecule has 0 fully saturated rings. The molecule has 10 heavy (non-hydrogen) atoms. The number of unbranched alkanes of at least 4 members (excludes halogenated alkanes) is 1. The summed E-state index contributed by atoms with van der Waals surface area (Å²) in [6, 6.07) is 0. The van der Waals surface area contributed by atoms with Crippen molar-refractivity contribution < 1.29 is 0 Å². The van der Waals surface area contributed by atoms with Crippen molar-refractivity contribution in [2.45, 2.75) is 26.7 Å². The van der Waals surface area contributed by atoms with Gasteiger partial charge in [-0.25, -0.2) is 0 Å². The quantitative estimate of drug-likeness (QED) is 0.268. The molecule has 0 aromatic carbocycles. The zero-order valence-electron chi connectivity index (χ0n) is 6.80. The summed E-state index contributed by atoms with van der Waals surface area (Å²) in [5.74, 6) is 0. The van der Waals surface area contributed by atoms with Crippen molar-refractivity contribution >= 4 is 6.21 Å². The van der Waals surface area contributed by atoms with Crippen LogP contribution in [0.25, 0.3) is 0 Å². The molecular weight excluding hydrogens is 124 g/mol. The van der Waals surface area contributed by atoms with E-state index in [0.717, 1.165) is 19.4 Å². The molecule has 2 nitrogen and oxygen atoms in total. The van der Waals surface area contributed by atoms with Crippen LogP contribution in [-0.2, 0) is 0 Å². The van der Waals surface area contributed by atoms with Gasteiger partial charge in [0.1, 0.15) is 0 Å². The van der Waals surface area contributed by atoms with Crippen molar-refractivity contribution in [3.8, 4) is 0 Å². The van der Waals surface area contributed by atoms with Crippen LogP contribution in [0.2, 0.25) is 0 Å². The maximum absolute atomic E-state index is 3.97. The molecule has 1 N–H and O–H groups in total. The van der Waals surface area contributed by atoms with E-state index in [0.29, 0.717) is 0 Å². The maximum atomic E-state index is 3.97. The van der Waals surface area contributed by atoms with Gasteiger partial charge in [-0.05, 0) is 13.3 Å². The van der Waals surface area contributed by atoms with Gasteiger partial charge in [0.15, 0.2) is 0 Å². The molecule has 0 unspecified atom stereocenters. The lowest BCUT2D eigenvalue weighted by molar-refractivity contribution is 0.821. The fourth-order valence-electron chi connectivity index (χ4n) is 0.481. The van der Waals surface area contributed by atoms with Crippen molar-refractivity contribution in [2.24, 2.45) is 5.10 Å². The molecule has 0 heterocycles. The molecule has 0 saturated heterocycles. The standard InChI is InChI=1S/C8H16N2/c1-3-5-7-9-10-8-6-4-2/h3,5,8-9H,4,6-7H2,1-2H3. The Morgan fingerprint density at radius 2 is 2.30 bits per heavy atom. The second-order valence-corrected chi connectivity index (χ2v) is 2.03. The topological polar surface area (TPSA) is 24.4 Å². The Balaban J connectivity index is 3.02. The Bertz CT molecular complexity index is 106. The lowest BCUT2D eigenvalue weighted by Crippen LogP contribution is -2.04. The lowest BCUT2D eigenvalue weighted by atomic mass is 10.4. The number of hydrazone groups is 1. The molecule has 2 heteroatoms. The summed E-state index contributed by atoms with van der Waals surface area (Å²) in [6.45, 7) is 4.96. The molecule has 0 aliphatic carbocycles. The first-order valence-electron chi connectivity index (χ1n) is 3.77. The zero-order valence-corrected chi connectivity index (χ0v) is 6.80. The van der Waals surface area contributed by atoms with E-state index in [9.17, 15) is 0 Å². The molecule has 0 radical (unpaired) electrons. The van der Waals surface area contributed by atoms with Crippen LogP contribution in [0.5, 0.6) is 0 Å². The monoisotopic (exact) mass is 140 g/mol. The van der Waals surface area contributed by atoms with Crippen molar-refractivity contribution in [3.05, 3.63) is 12.2 Å². The van der Waals surface area contributed by atoms with Crippen molar-refractivity contribution in [1.82, 2.24) is 5.43 Å². The van der Waals surface area contributed by atoms with Gasteiger partial charge in [0, 0.05) is 6.21 Å². The number of nitrogens with one attached hydrogen (secondary N) is 1. The summed E-state index contributed by atoms with van der Waals surface area (Å²) in [5, 5.41) is 3.97. The van der Waals surface area contributed by atoms with Gasteiger partial charge in [0.25, 0.3) is 0 Å². The summed E-state index contributed by atoms with van der Waals surface area (Å²) < 4.78 is 0. The minimum absolute atomic E-state index is 0.830. The third-order valence-electron chi connectivity index (χ3n) is 1.05. The number of allylic oxidation sites excluding steroid dienone is 1. The third-order valence-corrected chi connectivity index (χ3v) is 1.05. The Hall–Kier alpha value is -0.790. The van der Waals surface area contributed by atoms with E-state index in [4.69, 9.17) is 0 Å². The first-order valence-corrected chi connectivity index (χ1v) is 3.77. The second-order valence-electron chi connectivity index (χ2n) is 2.03. The van der Waals surface area contributed by atoms with Gasteiger partial charge in [-0.1, -0.05) is 25.5 Å². The molecule has 0 saturated carbocycles. The summed E-state index contributed by atoms with van der Waals surface area (Å²) in [6.07, 6.45) is 8.16. The highest BCUT2D eigenvalue weighted by Crippen LogP contribution is 1.78. The summed E-state index contributed by atoms with van der Waals surface area (Å²) in [5.41, 5.74) is 2.90. The van der Waals surface area contributed by atoms with Gasteiger partial charge in [-0.2, -0.15) is 5.10 Å². The predicted molar refractivity (Wildman–Crippen MR) is 46.2 cm³/mol. The van der Waals surface area contributed by atoms with Gasteiger partial charge in [0.2, 0.25) is 0 Å². The number of nitrogens with zero attached hydrogens (tertiary/aromatic N) is 1. The highest BCUT2D eigenvalue weighted by molar-refractivity contribution is 5.56. The van der Waals surface area contributed by atoms with E-state index < -0.39 is 0 Å². The fraction of sp³-hybridized carbons (Fsp3) is 0.625. The highest BCUT2D eigenvalue weighted by Gasteiger charge is 1.72. The van der Waals surface area contributed by atoms with Crippen LogP contribution >= 0.6 is 0 Å². The van der Waals surface area contributed by atoms with E-state index >= 15 is 0 Å². The zero-order chi connectivity index (χ0) is 7.66. The van der Waals surface area contributed by atoms with Gasteiger partial charge >= 0.3 is 0 Å². The van der Waals surface area contributed by atoms with E-state index in [1.54, 1.807) is 0 Å². The molecule has 0 aliphatic heterocycles. The Kier molecular flexibility index (Phi) is 7.56. The first kappa shape index (κ1) is 9.21. The van der Waals surface area contributed by atoms with Crippen LogP contribution in [0.1, 0.15) is 26.7 Å². The minimum Gasteiger partial charge on any atom is -0.307 e. The average molecular weight is 140 g/mol. The molecule has 58 valence electrons. The largest absolute Gasteiger partial charge is 0.307 e. The Morgan fingerprint density at radius 1 is 1.50 bits per heavy atom. The lowest BCUT2D eigenvalue weighted by Gasteiger charge is -1.91. The van der Waals surface area contributed by atoms with Gasteiger partial charge in [-0.3, -0.25) is 0 Å². The number of hydrogen-bond donors (Lipinski definition) is 1. The third kappa shape index (κ3) is 7.21. The summed E-state index contributed by atoms with van der Waals surface area (Å²) >= 11 is 0. The molecule has 0 spiro atoms. The van der Waals surface area contributed by atoms with Crippen LogP contribution in [-0.4, -0.2) is 12.8 Å². The SMILES string of the molecule is CC=CCNN=CCCC. The van der Waals surface area contributed by atoms with Gasteiger partial charge in [-0.15, -0.1) is 0 Å². The second kappa shape index (κ2) is 8.21. The number of hydrogen-bond acceptors (Lipinski definition) is 2. The van der Waals surface area contributed by atoms with Crippen molar-refractivity contribution in [3.63, 3.8) is 0 Å². The normalized spacial score (nSPS) is 11.4. The molecule has 0 aromatic heterocycles. The summed E-state index contributed by atoms with van der Waals surface area (Å²) in [4.78, 5) is 0. The van der Waals surface area contributed by atoms with Crippen LogP contribution in [0.4, 0.5) is 0 Å². The van der Waals surface area contributed by atoms with E-state index in [1.807, 2.05) is 25.3 Å². The molecule has 0 bridgehead atoms. The highest BCUT2D eigenvalue weighted by atomic mass is 15.3. The van der Waals surface area contributed by atoms with Gasteiger partial charge in [0.05, 0.1) is 6.54 Å². The maximum Gasteiger partial charge on any atom is 0.0510 e. The van der Waals surface area contributed by atoms with E-state index in [-0.39, 0.29) is 0 Å². The van der Waals surface area contributed by atoms with E-state index in [2.05, 4.69) is 17.5 Å². The van der Waals surface area contributed by atoms with Crippen LogP contribution in [0.3, 0.4) is 0 Å². The van der Waals surface area contributed by atoms with Crippen molar-refractivity contribution in [1.29, 1.82) is 0 Å². The molecule has 0 rings (SSSR count). The molecule has 0 aliphatic rings. The Labute approximate surface area is 63.0 Å². The van der Waals surface area contributed by atoms with Crippen LogP contribution in [0, 0.1) is 0 Å². The van der Waals surface area contributed by atoms with E-state index in [1.165, 1.54) is 0 Å². The minimum atomic E-state index is 0.830. The fourth-order valence-corrected chi connectivity index (χ4v) is 0.481. The first-order chi connectivity index (χ1) is 4.91.